The quantitative estimate of drug-likeness (QED) is 0.271. The monoisotopic (exact) mass is 579 g/mol. The van der Waals surface area contributed by atoms with Crippen molar-refractivity contribution in [2.24, 2.45) is 0 Å². The van der Waals surface area contributed by atoms with Crippen LogP contribution in [-0.2, 0) is 26.6 Å². The van der Waals surface area contributed by atoms with Gasteiger partial charge in [-0.3, -0.25) is 8.61 Å². The van der Waals surface area contributed by atoms with E-state index >= 15 is 0 Å². The van der Waals surface area contributed by atoms with Gasteiger partial charge in [0.05, 0.1) is 41.7 Å². The number of rotatable bonds is 9. The smallest absolute Gasteiger partial charge is 0.264 e. The summed E-state index contributed by atoms with van der Waals surface area (Å²) in [6.45, 7) is -0.0214. The van der Waals surface area contributed by atoms with E-state index in [4.69, 9.17) is 0 Å². The fraction of sp³-hybridized carbons (Fsp3) is 0.172. The molecule has 40 heavy (non-hydrogen) atoms. The van der Waals surface area contributed by atoms with Gasteiger partial charge in [-0.1, -0.05) is 36.4 Å². The average molecular weight is 580 g/mol. The van der Waals surface area contributed by atoms with Crippen molar-refractivity contribution in [1.29, 1.82) is 0 Å². The van der Waals surface area contributed by atoms with Gasteiger partial charge in [-0.05, 0) is 60.7 Å². The average Bonchev–Trinajstić information content (AvgIpc) is 3.24. The number of fused-ring (bicyclic) bond motifs is 3. The first kappa shape index (κ1) is 27.5. The van der Waals surface area contributed by atoms with E-state index in [2.05, 4.69) is 0 Å². The standard InChI is InChI=1S/C29H29N3O6S2/c1-30(40(37,38)25-17-15-23(33)16-18-25)21-11-13-22(14-12-21)32(39(2,35)36)20-24(34)19-31-28-9-5-3-7-26(28)27-8-4-6-10-29(27)31/h3-18,24,33-34H,19-20H2,1-2H3. The molecule has 0 aliphatic carbocycles. The minimum atomic E-state index is -3.91. The van der Waals surface area contributed by atoms with E-state index in [1.54, 1.807) is 0 Å². The number of para-hydroxylation sites is 2. The summed E-state index contributed by atoms with van der Waals surface area (Å²) in [5, 5.41) is 22.7. The highest BCUT2D eigenvalue weighted by molar-refractivity contribution is 7.93. The van der Waals surface area contributed by atoms with Crippen molar-refractivity contribution in [3.63, 3.8) is 0 Å². The van der Waals surface area contributed by atoms with E-state index in [1.807, 2.05) is 53.1 Å². The number of aromatic nitrogens is 1. The largest absolute Gasteiger partial charge is 0.508 e. The summed E-state index contributed by atoms with van der Waals surface area (Å²) in [5.41, 5.74) is 2.49. The summed E-state index contributed by atoms with van der Waals surface area (Å²) in [4.78, 5) is 0.00261. The Kier molecular flexibility index (Phi) is 7.21. The number of phenols is 1. The van der Waals surface area contributed by atoms with Gasteiger partial charge >= 0.3 is 0 Å². The zero-order valence-corrected chi connectivity index (χ0v) is 23.5. The summed E-state index contributed by atoms with van der Waals surface area (Å²) in [7, 11) is -6.29. The lowest BCUT2D eigenvalue weighted by molar-refractivity contribution is 0.166. The SMILES string of the molecule is CN(c1ccc(N(CC(O)Cn2c3ccccc3c3ccccc32)S(C)(=O)=O)cc1)S(=O)(=O)c1ccc(O)cc1. The lowest BCUT2D eigenvalue weighted by atomic mass is 10.2. The van der Waals surface area contributed by atoms with Crippen LogP contribution in [0.1, 0.15) is 0 Å². The van der Waals surface area contributed by atoms with Crippen LogP contribution in [0, 0.1) is 0 Å². The van der Waals surface area contributed by atoms with Crippen LogP contribution < -0.4 is 8.61 Å². The molecule has 0 saturated carbocycles. The molecule has 0 bridgehead atoms. The molecule has 0 spiro atoms. The Morgan fingerprint density at radius 3 is 1.77 bits per heavy atom. The Balaban J connectivity index is 1.40. The first-order valence-electron chi connectivity index (χ1n) is 12.5. The number of hydrogen-bond acceptors (Lipinski definition) is 6. The summed E-state index contributed by atoms with van der Waals surface area (Å²) >= 11 is 0. The number of aliphatic hydroxyl groups excluding tert-OH is 1. The number of aromatic hydroxyl groups is 1. The highest BCUT2D eigenvalue weighted by Crippen LogP contribution is 2.30. The molecule has 9 nitrogen and oxygen atoms in total. The number of phenolic OH excluding ortho intramolecular Hbond substituents is 1. The third-order valence-corrected chi connectivity index (χ3v) is 9.81. The second-order valence-electron chi connectivity index (χ2n) is 9.58. The molecule has 0 radical (unpaired) electrons. The Labute approximate surface area is 233 Å². The van der Waals surface area contributed by atoms with E-state index in [-0.39, 0.29) is 23.7 Å². The molecular formula is C29H29N3O6S2. The van der Waals surface area contributed by atoms with Crippen molar-refractivity contribution in [3.05, 3.63) is 97.1 Å². The highest BCUT2D eigenvalue weighted by atomic mass is 32.2. The summed E-state index contributed by atoms with van der Waals surface area (Å²) in [6.07, 6.45) is 0.0290. The zero-order valence-electron chi connectivity index (χ0n) is 21.9. The molecule has 1 aromatic heterocycles. The fourth-order valence-corrected chi connectivity index (χ4v) is 6.98. The summed E-state index contributed by atoms with van der Waals surface area (Å²) in [5.74, 6) is -0.0489. The van der Waals surface area contributed by atoms with E-state index < -0.39 is 26.2 Å². The zero-order chi connectivity index (χ0) is 28.7. The highest BCUT2D eigenvalue weighted by Gasteiger charge is 2.25. The van der Waals surface area contributed by atoms with Gasteiger partial charge in [0.1, 0.15) is 5.75 Å². The maximum atomic E-state index is 13.0. The van der Waals surface area contributed by atoms with Gasteiger partial charge in [-0.25, -0.2) is 16.8 Å². The molecule has 1 heterocycles. The van der Waals surface area contributed by atoms with Gasteiger partial charge in [0.25, 0.3) is 10.0 Å². The molecule has 2 N–H and O–H groups in total. The first-order chi connectivity index (χ1) is 19.0. The Bertz CT molecular complexity index is 1830. The van der Waals surface area contributed by atoms with Gasteiger partial charge < -0.3 is 14.8 Å². The van der Waals surface area contributed by atoms with Crippen molar-refractivity contribution >= 4 is 53.2 Å². The van der Waals surface area contributed by atoms with Gasteiger partial charge in [-0.15, -0.1) is 0 Å². The molecule has 4 aromatic carbocycles. The van der Waals surface area contributed by atoms with Crippen LogP contribution >= 0.6 is 0 Å². The van der Waals surface area contributed by atoms with Crippen molar-refractivity contribution in [2.45, 2.75) is 17.5 Å². The molecule has 1 atom stereocenters. The minimum Gasteiger partial charge on any atom is -0.508 e. The van der Waals surface area contributed by atoms with Crippen LogP contribution in [0.2, 0.25) is 0 Å². The minimum absolute atomic E-state index is 0.00261. The van der Waals surface area contributed by atoms with E-state index in [0.29, 0.717) is 11.4 Å². The predicted molar refractivity (Wildman–Crippen MR) is 158 cm³/mol. The normalized spacial score (nSPS) is 13.0. The molecule has 0 aliphatic heterocycles. The van der Waals surface area contributed by atoms with Crippen molar-refractivity contribution in [3.8, 4) is 5.75 Å². The molecule has 0 saturated heterocycles. The Morgan fingerprint density at radius 2 is 1.25 bits per heavy atom. The molecule has 1 unspecified atom stereocenters. The topological polar surface area (TPSA) is 120 Å². The van der Waals surface area contributed by atoms with Crippen LogP contribution in [0.5, 0.6) is 5.75 Å². The Hall–Kier alpha value is -4.06. The third-order valence-electron chi connectivity index (χ3n) is 6.85. The molecule has 11 heteroatoms. The van der Waals surface area contributed by atoms with Crippen LogP contribution in [-0.4, -0.2) is 57.6 Å². The van der Waals surface area contributed by atoms with E-state index in [0.717, 1.165) is 36.7 Å². The predicted octanol–water partition coefficient (Wildman–Crippen LogP) is 4.15. The van der Waals surface area contributed by atoms with E-state index in [9.17, 15) is 27.0 Å². The number of aliphatic hydroxyl groups is 1. The summed E-state index contributed by atoms with van der Waals surface area (Å²) < 4.78 is 55.7. The second kappa shape index (κ2) is 10.5. The summed E-state index contributed by atoms with van der Waals surface area (Å²) in [6, 6.07) is 26.9. The van der Waals surface area contributed by atoms with Gasteiger partial charge in [-0.2, -0.15) is 0 Å². The number of anilines is 2. The number of nitrogens with zero attached hydrogens (tertiary/aromatic N) is 3. The van der Waals surface area contributed by atoms with Crippen LogP contribution in [0.15, 0.2) is 102 Å². The maximum Gasteiger partial charge on any atom is 0.264 e. The van der Waals surface area contributed by atoms with Crippen LogP contribution in [0.25, 0.3) is 21.8 Å². The molecule has 0 aliphatic rings. The Morgan fingerprint density at radius 1 is 0.750 bits per heavy atom. The molecule has 5 rings (SSSR count). The molecule has 208 valence electrons. The van der Waals surface area contributed by atoms with Crippen LogP contribution in [0.4, 0.5) is 11.4 Å². The number of hydrogen-bond donors (Lipinski definition) is 2. The third kappa shape index (κ3) is 5.23. The molecule has 0 amide bonds. The first-order valence-corrected chi connectivity index (χ1v) is 15.8. The van der Waals surface area contributed by atoms with Crippen molar-refractivity contribution in [1.82, 2.24) is 4.57 Å². The fourth-order valence-electron chi connectivity index (χ4n) is 4.84. The van der Waals surface area contributed by atoms with Crippen LogP contribution in [0.3, 0.4) is 0 Å². The van der Waals surface area contributed by atoms with Crippen molar-refractivity contribution in [2.75, 3.05) is 28.5 Å². The lowest BCUT2D eigenvalue weighted by Gasteiger charge is -2.26. The van der Waals surface area contributed by atoms with Gasteiger partial charge in [0.2, 0.25) is 10.0 Å². The maximum absolute atomic E-state index is 13.0. The van der Waals surface area contributed by atoms with Gasteiger partial charge in [0, 0.05) is 28.9 Å². The van der Waals surface area contributed by atoms with Crippen molar-refractivity contribution < 1.29 is 27.0 Å². The molecular weight excluding hydrogens is 550 g/mol. The number of sulfonamides is 2. The number of benzene rings is 4. The van der Waals surface area contributed by atoms with E-state index in [1.165, 1.54) is 55.6 Å². The molecule has 5 aromatic rings. The van der Waals surface area contributed by atoms with Gasteiger partial charge in [0.15, 0.2) is 0 Å². The second-order valence-corrected chi connectivity index (χ2v) is 13.5. The lowest BCUT2D eigenvalue weighted by Crippen LogP contribution is -2.38. The molecule has 0 fully saturated rings.